The van der Waals surface area contributed by atoms with Gasteiger partial charge < -0.3 is 4.74 Å². The van der Waals surface area contributed by atoms with Crippen LogP contribution in [0.1, 0.15) is 31.2 Å². The van der Waals surface area contributed by atoms with Crippen molar-refractivity contribution in [1.29, 1.82) is 5.26 Å². The van der Waals surface area contributed by atoms with Crippen molar-refractivity contribution >= 4 is 11.8 Å². The highest BCUT2D eigenvalue weighted by Gasteiger charge is 2.14. The summed E-state index contributed by atoms with van der Waals surface area (Å²) >= 11 is 2.01. The number of rotatable bonds is 7. The summed E-state index contributed by atoms with van der Waals surface area (Å²) in [6.07, 6.45) is 6.17. The van der Waals surface area contributed by atoms with E-state index in [9.17, 15) is 0 Å². The lowest BCUT2D eigenvalue weighted by atomic mass is 10.1. The van der Waals surface area contributed by atoms with Crippen molar-refractivity contribution in [2.45, 2.75) is 32.1 Å². The van der Waals surface area contributed by atoms with Gasteiger partial charge in [0.15, 0.2) is 0 Å². The first kappa shape index (κ1) is 14.3. The van der Waals surface area contributed by atoms with Gasteiger partial charge in [0.25, 0.3) is 0 Å². The van der Waals surface area contributed by atoms with Crippen molar-refractivity contribution in [3.63, 3.8) is 0 Å². The van der Waals surface area contributed by atoms with E-state index in [1.54, 1.807) is 0 Å². The first-order chi connectivity index (χ1) is 9.38. The van der Waals surface area contributed by atoms with E-state index >= 15 is 0 Å². The number of hydrogen-bond donors (Lipinski definition) is 0. The first-order valence-corrected chi connectivity index (χ1v) is 8.20. The Morgan fingerprint density at radius 2 is 1.95 bits per heavy atom. The summed E-state index contributed by atoms with van der Waals surface area (Å²) in [5.41, 5.74) is 1.05. The fraction of sp³-hybridized carbons (Fsp3) is 0.562. The molecule has 0 bridgehead atoms. The zero-order valence-corrected chi connectivity index (χ0v) is 12.1. The van der Waals surface area contributed by atoms with E-state index in [4.69, 9.17) is 10.00 Å². The molecule has 0 aliphatic heterocycles. The van der Waals surface area contributed by atoms with Crippen LogP contribution in [0.2, 0.25) is 0 Å². The van der Waals surface area contributed by atoms with Crippen LogP contribution in [0.25, 0.3) is 0 Å². The summed E-state index contributed by atoms with van der Waals surface area (Å²) in [6, 6.07) is 9.98. The molecule has 0 amide bonds. The standard InChI is InChI=1S/C16H21NOS/c17-10-9-14-5-7-16(8-6-14)18-11-12-19-13-15-3-1-2-4-15/h5-8,15H,1-4,9,11-13H2. The van der Waals surface area contributed by atoms with E-state index in [-0.39, 0.29) is 0 Å². The van der Waals surface area contributed by atoms with Gasteiger partial charge in [-0.15, -0.1) is 0 Å². The molecule has 0 saturated heterocycles. The molecule has 1 saturated carbocycles. The van der Waals surface area contributed by atoms with Crippen LogP contribution >= 0.6 is 11.8 Å². The van der Waals surface area contributed by atoms with E-state index in [1.807, 2.05) is 36.0 Å². The lowest BCUT2D eigenvalue weighted by Crippen LogP contribution is -2.03. The van der Waals surface area contributed by atoms with Crippen molar-refractivity contribution < 1.29 is 4.74 Å². The average Bonchev–Trinajstić information content (AvgIpc) is 2.94. The van der Waals surface area contributed by atoms with E-state index in [1.165, 1.54) is 31.4 Å². The second-order valence-corrected chi connectivity index (χ2v) is 6.20. The first-order valence-electron chi connectivity index (χ1n) is 7.05. The molecular weight excluding hydrogens is 254 g/mol. The highest BCUT2D eigenvalue weighted by molar-refractivity contribution is 7.99. The second kappa shape index (κ2) is 8.12. The maximum atomic E-state index is 8.60. The molecule has 19 heavy (non-hydrogen) atoms. The number of ether oxygens (including phenoxy) is 1. The molecule has 102 valence electrons. The van der Waals surface area contributed by atoms with Crippen LogP contribution in [0.5, 0.6) is 5.75 Å². The van der Waals surface area contributed by atoms with Gasteiger partial charge in [-0.05, 0) is 42.2 Å². The van der Waals surface area contributed by atoms with E-state index < -0.39 is 0 Å². The molecule has 3 heteroatoms. The Labute approximate surface area is 120 Å². The summed E-state index contributed by atoms with van der Waals surface area (Å²) in [4.78, 5) is 0. The van der Waals surface area contributed by atoms with Gasteiger partial charge in [-0.1, -0.05) is 25.0 Å². The van der Waals surface area contributed by atoms with Crippen molar-refractivity contribution in [3.8, 4) is 11.8 Å². The zero-order valence-electron chi connectivity index (χ0n) is 11.3. The summed E-state index contributed by atoms with van der Waals surface area (Å²) in [5, 5.41) is 8.60. The number of thioether (sulfide) groups is 1. The SMILES string of the molecule is N#CCc1ccc(OCCSCC2CCCC2)cc1. The minimum absolute atomic E-state index is 0.470. The van der Waals surface area contributed by atoms with Crippen LogP contribution in [-0.2, 0) is 6.42 Å². The van der Waals surface area contributed by atoms with Crippen LogP contribution < -0.4 is 4.74 Å². The third-order valence-corrected chi connectivity index (χ3v) is 4.69. The van der Waals surface area contributed by atoms with Crippen LogP contribution in [0.4, 0.5) is 0 Å². The molecule has 0 atom stereocenters. The maximum absolute atomic E-state index is 8.60. The Balaban J connectivity index is 1.58. The minimum atomic E-state index is 0.470. The lowest BCUT2D eigenvalue weighted by Gasteiger charge is -2.09. The molecule has 1 aliphatic carbocycles. The summed E-state index contributed by atoms with van der Waals surface area (Å²) in [7, 11) is 0. The minimum Gasteiger partial charge on any atom is -0.493 e. The number of nitriles is 1. The van der Waals surface area contributed by atoms with E-state index in [0.29, 0.717) is 6.42 Å². The van der Waals surface area contributed by atoms with E-state index in [0.717, 1.165) is 29.6 Å². The van der Waals surface area contributed by atoms with Crippen molar-refractivity contribution in [1.82, 2.24) is 0 Å². The normalized spacial score (nSPS) is 15.3. The van der Waals surface area contributed by atoms with Gasteiger partial charge in [0.1, 0.15) is 5.75 Å². The van der Waals surface area contributed by atoms with Gasteiger partial charge in [-0.3, -0.25) is 0 Å². The molecule has 1 fully saturated rings. The summed E-state index contributed by atoms with van der Waals surface area (Å²) in [6.45, 7) is 0.773. The maximum Gasteiger partial charge on any atom is 0.119 e. The Hall–Kier alpha value is -1.14. The predicted molar refractivity (Wildman–Crippen MR) is 80.5 cm³/mol. The molecule has 0 radical (unpaired) electrons. The molecule has 0 unspecified atom stereocenters. The van der Waals surface area contributed by atoms with Gasteiger partial charge in [0, 0.05) is 5.75 Å². The third-order valence-electron chi connectivity index (χ3n) is 3.53. The third kappa shape index (κ3) is 5.16. The smallest absolute Gasteiger partial charge is 0.119 e. The summed E-state index contributed by atoms with van der Waals surface area (Å²) < 4.78 is 5.70. The molecule has 2 rings (SSSR count). The lowest BCUT2D eigenvalue weighted by molar-refractivity contribution is 0.344. The Bertz CT molecular complexity index is 404. The topological polar surface area (TPSA) is 33.0 Å². The van der Waals surface area contributed by atoms with Gasteiger partial charge in [0.2, 0.25) is 0 Å². The predicted octanol–water partition coefficient (Wildman–Crippen LogP) is 4.05. The molecule has 1 aromatic rings. The molecule has 1 aliphatic rings. The van der Waals surface area contributed by atoms with Crippen LogP contribution in [-0.4, -0.2) is 18.1 Å². The Morgan fingerprint density at radius 1 is 1.21 bits per heavy atom. The molecule has 0 heterocycles. The number of hydrogen-bond acceptors (Lipinski definition) is 3. The van der Waals surface area contributed by atoms with Gasteiger partial charge in [-0.2, -0.15) is 17.0 Å². The van der Waals surface area contributed by atoms with Crippen LogP contribution in [0.15, 0.2) is 24.3 Å². The molecular formula is C16H21NOS. The molecule has 1 aromatic carbocycles. The second-order valence-electron chi connectivity index (χ2n) is 5.05. The van der Waals surface area contributed by atoms with Crippen LogP contribution in [0.3, 0.4) is 0 Å². The van der Waals surface area contributed by atoms with E-state index in [2.05, 4.69) is 6.07 Å². The monoisotopic (exact) mass is 275 g/mol. The summed E-state index contributed by atoms with van der Waals surface area (Å²) in [5.74, 6) is 4.22. The van der Waals surface area contributed by atoms with Crippen molar-refractivity contribution in [2.24, 2.45) is 5.92 Å². The quantitative estimate of drug-likeness (QED) is 0.704. The van der Waals surface area contributed by atoms with Crippen molar-refractivity contribution in [3.05, 3.63) is 29.8 Å². The highest BCUT2D eigenvalue weighted by Crippen LogP contribution is 2.27. The molecule has 2 nitrogen and oxygen atoms in total. The molecule has 0 spiro atoms. The van der Waals surface area contributed by atoms with Gasteiger partial charge in [-0.25, -0.2) is 0 Å². The van der Waals surface area contributed by atoms with Gasteiger partial charge >= 0.3 is 0 Å². The van der Waals surface area contributed by atoms with Crippen molar-refractivity contribution in [2.75, 3.05) is 18.1 Å². The Morgan fingerprint density at radius 3 is 2.63 bits per heavy atom. The molecule has 0 aromatic heterocycles. The fourth-order valence-electron chi connectivity index (χ4n) is 2.44. The number of benzene rings is 1. The van der Waals surface area contributed by atoms with Gasteiger partial charge in [0.05, 0.1) is 19.1 Å². The fourth-order valence-corrected chi connectivity index (χ4v) is 3.47. The zero-order chi connectivity index (χ0) is 13.3. The average molecular weight is 275 g/mol. The number of nitrogens with zero attached hydrogens (tertiary/aromatic N) is 1. The highest BCUT2D eigenvalue weighted by atomic mass is 32.2. The Kier molecular flexibility index (Phi) is 6.10. The largest absolute Gasteiger partial charge is 0.493 e. The molecule has 0 N–H and O–H groups in total. The van der Waals surface area contributed by atoms with Crippen LogP contribution in [0, 0.1) is 17.2 Å².